The van der Waals surface area contributed by atoms with E-state index in [0.29, 0.717) is 11.9 Å². The SMILES string of the molecule is CCS(=O)(=O)CCNc1nc(N)nc(N2CCCC2)n1. The first-order valence-corrected chi connectivity index (χ1v) is 8.53. The third-order valence-corrected chi connectivity index (χ3v) is 4.87. The summed E-state index contributed by atoms with van der Waals surface area (Å²) in [6, 6.07) is 0. The Morgan fingerprint density at radius 3 is 2.60 bits per heavy atom. The summed E-state index contributed by atoms with van der Waals surface area (Å²) in [6.45, 7) is 3.71. The van der Waals surface area contributed by atoms with Gasteiger partial charge in [0, 0.05) is 25.4 Å². The highest BCUT2D eigenvalue weighted by atomic mass is 32.2. The molecule has 1 aliphatic heterocycles. The Morgan fingerprint density at radius 2 is 1.95 bits per heavy atom. The fourth-order valence-corrected chi connectivity index (χ4v) is 2.68. The van der Waals surface area contributed by atoms with E-state index in [4.69, 9.17) is 5.73 Å². The van der Waals surface area contributed by atoms with Gasteiger partial charge in [-0.2, -0.15) is 15.0 Å². The molecule has 0 saturated carbocycles. The van der Waals surface area contributed by atoms with Crippen molar-refractivity contribution in [1.29, 1.82) is 0 Å². The minimum Gasteiger partial charge on any atom is -0.368 e. The summed E-state index contributed by atoms with van der Waals surface area (Å²) >= 11 is 0. The van der Waals surface area contributed by atoms with Gasteiger partial charge in [-0.25, -0.2) is 8.42 Å². The van der Waals surface area contributed by atoms with Crippen molar-refractivity contribution in [2.45, 2.75) is 19.8 Å². The summed E-state index contributed by atoms with van der Waals surface area (Å²) in [6.07, 6.45) is 2.23. The van der Waals surface area contributed by atoms with Crippen LogP contribution >= 0.6 is 0 Å². The van der Waals surface area contributed by atoms with Gasteiger partial charge in [0.15, 0.2) is 9.84 Å². The van der Waals surface area contributed by atoms with Crippen LogP contribution in [0.25, 0.3) is 0 Å². The maximum atomic E-state index is 11.4. The van der Waals surface area contributed by atoms with E-state index >= 15 is 0 Å². The second kappa shape index (κ2) is 6.21. The fourth-order valence-electron chi connectivity index (χ4n) is 1.98. The molecule has 0 aliphatic carbocycles. The second-order valence-electron chi connectivity index (χ2n) is 4.67. The largest absolute Gasteiger partial charge is 0.368 e. The van der Waals surface area contributed by atoms with Crippen LogP contribution in [0, 0.1) is 0 Å². The molecule has 1 aliphatic rings. The van der Waals surface area contributed by atoms with Crippen molar-refractivity contribution in [1.82, 2.24) is 15.0 Å². The molecule has 8 nitrogen and oxygen atoms in total. The molecule has 0 atom stereocenters. The van der Waals surface area contributed by atoms with Crippen LogP contribution in [0.1, 0.15) is 19.8 Å². The van der Waals surface area contributed by atoms with Crippen LogP contribution in [0.15, 0.2) is 0 Å². The summed E-state index contributed by atoms with van der Waals surface area (Å²) < 4.78 is 22.8. The van der Waals surface area contributed by atoms with Gasteiger partial charge in [-0.05, 0) is 12.8 Å². The number of hydrogen-bond donors (Lipinski definition) is 2. The maximum Gasteiger partial charge on any atom is 0.231 e. The standard InChI is InChI=1S/C11H20N6O2S/c1-2-20(18,19)8-5-13-10-14-9(12)15-11(16-10)17-6-3-4-7-17/h2-8H2,1H3,(H3,12,13,14,15,16). The number of anilines is 3. The van der Waals surface area contributed by atoms with E-state index < -0.39 is 9.84 Å². The molecule has 20 heavy (non-hydrogen) atoms. The molecule has 1 aromatic heterocycles. The van der Waals surface area contributed by atoms with Gasteiger partial charge in [0.25, 0.3) is 0 Å². The number of aromatic nitrogens is 3. The van der Waals surface area contributed by atoms with Gasteiger partial charge >= 0.3 is 0 Å². The number of sulfone groups is 1. The number of nitrogen functional groups attached to an aromatic ring is 1. The van der Waals surface area contributed by atoms with E-state index in [9.17, 15) is 8.42 Å². The Bertz CT molecular complexity index is 556. The zero-order valence-corrected chi connectivity index (χ0v) is 12.4. The molecule has 2 rings (SSSR count). The van der Waals surface area contributed by atoms with Crippen molar-refractivity contribution >= 4 is 27.7 Å². The molecular weight excluding hydrogens is 280 g/mol. The predicted octanol–water partition coefficient (Wildman–Crippen LogP) is -0.0994. The molecule has 0 unspecified atom stereocenters. The summed E-state index contributed by atoms with van der Waals surface area (Å²) in [4.78, 5) is 14.4. The van der Waals surface area contributed by atoms with E-state index in [2.05, 4.69) is 20.3 Å². The van der Waals surface area contributed by atoms with E-state index in [1.807, 2.05) is 4.90 Å². The quantitative estimate of drug-likeness (QED) is 0.748. The average Bonchev–Trinajstić information content (AvgIpc) is 2.92. The molecule has 9 heteroatoms. The first-order chi connectivity index (χ1) is 9.50. The van der Waals surface area contributed by atoms with Gasteiger partial charge in [0.2, 0.25) is 17.8 Å². The van der Waals surface area contributed by atoms with Crippen molar-refractivity contribution in [3.63, 3.8) is 0 Å². The lowest BCUT2D eigenvalue weighted by Crippen LogP contribution is -2.23. The summed E-state index contributed by atoms with van der Waals surface area (Å²) in [5.41, 5.74) is 5.66. The molecular formula is C11H20N6O2S. The number of hydrogen-bond acceptors (Lipinski definition) is 8. The van der Waals surface area contributed by atoms with Gasteiger partial charge in [0.05, 0.1) is 5.75 Å². The van der Waals surface area contributed by atoms with Crippen molar-refractivity contribution in [2.75, 3.05) is 47.1 Å². The first kappa shape index (κ1) is 14.8. The molecule has 0 spiro atoms. The maximum absolute atomic E-state index is 11.4. The molecule has 112 valence electrons. The smallest absolute Gasteiger partial charge is 0.231 e. The Morgan fingerprint density at radius 1 is 1.25 bits per heavy atom. The van der Waals surface area contributed by atoms with Crippen LogP contribution < -0.4 is 16.0 Å². The zero-order valence-electron chi connectivity index (χ0n) is 11.5. The predicted molar refractivity (Wildman–Crippen MR) is 78.5 cm³/mol. The normalized spacial score (nSPS) is 15.6. The lowest BCUT2D eigenvalue weighted by atomic mass is 10.4. The molecule has 1 aromatic rings. The number of nitrogens with zero attached hydrogens (tertiary/aromatic N) is 4. The monoisotopic (exact) mass is 300 g/mol. The van der Waals surface area contributed by atoms with E-state index in [1.54, 1.807) is 6.92 Å². The van der Waals surface area contributed by atoms with Crippen LogP contribution in [0.4, 0.5) is 17.8 Å². The van der Waals surface area contributed by atoms with E-state index in [-0.39, 0.29) is 24.0 Å². The van der Waals surface area contributed by atoms with Crippen molar-refractivity contribution in [3.05, 3.63) is 0 Å². The van der Waals surface area contributed by atoms with E-state index in [0.717, 1.165) is 25.9 Å². The third-order valence-electron chi connectivity index (χ3n) is 3.17. The molecule has 1 saturated heterocycles. The number of nitrogens with one attached hydrogen (secondary N) is 1. The van der Waals surface area contributed by atoms with Gasteiger partial charge < -0.3 is 16.0 Å². The molecule has 3 N–H and O–H groups in total. The van der Waals surface area contributed by atoms with Crippen molar-refractivity contribution in [3.8, 4) is 0 Å². The van der Waals surface area contributed by atoms with Crippen molar-refractivity contribution < 1.29 is 8.42 Å². The molecule has 0 amide bonds. The van der Waals surface area contributed by atoms with Crippen molar-refractivity contribution in [2.24, 2.45) is 0 Å². The average molecular weight is 300 g/mol. The van der Waals surface area contributed by atoms with E-state index in [1.165, 1.54) is 0 Å². The highest BCUT2D eigenvalue weighted by molar-refractivity contribution is 7.91. The summed E-state index contributed by atoms with van der Waals surface area (Å²) in [5, 5.41) is 2.89. The van der Waals surface area contributed by atoms with Crippen LogP contribution in [0.2, 0.25) is 0 Å². The van der Waals surface area contributed by atoms with Crippen LogP contribution in [0.5, 0.6) is 0 Å². The second-order valence-corrected chi connectivity index (χ2v) is 7.15. The highest BCUT2D eigenvalue weighted by Crippen LogP contribution is 2.17. The highest BCUT2D eigenvalue weighted by Gasteiger charge is 2.17. The third kappa shape index (κ3) is 3.92. The molecule has 0 aromatic carbocycles. The van der Waals surface area contributed by atoms with Crippen LogP contribution in [0.3, 0.4) is 0 Å². The van der Waals surface area contributed by atoms with Gasteiger partial charge in [-0.15, -0.1) is 0 Å². The Balaban J connectivity index is 2.01. The summed E-state index contributed by atoms with van der Waals surface area (Å²) in [5.74, 6) is 1.20. The molecule has 0 bridgehead atoms. The molecule has 0 radical (unpaired) electrons. The number of nitrogens with two attached hydrogens (primary N) is 1. The number of rotatable bonds is 6. The van der Waals surface area contributed by atoms with Gasteiger partial charge in [-0.3, -0.25) is 0 Å². The minimum atomic E-state index is -3.00. The topological polar surface area (TPSA) is 114 Å². The fraction of sp³-hybridized carbons (Fsp3) is 0.727. The first-order valence-electron chi connectivity index (χ1n) is 6.71. The Kier molecular flexibility index (Phi) is 4.58. The Labute approximate surface area is 118 Å². The van der Waals surface area contributed by atoms with Gasteiger partial charge in [0.1, 0.15) is 0 Å². The van der Waals surface area contributed by atoms with Crippen LogP contribution in [-0.4, -0.2) is 54.5 Å². The van der Waals surface area contributed by atoms with Gasteiger partial charge in [-0.1, -0.05) is 6.92 Å². The zero-order chi connectivity index (χ0) is 14.6. The Hall–Kier alpha value is -1.64. The minimum absolute atomic E-state index is 0.0497. The summed E-state index contributed by atoms with van der Waals surface area (Å²) in [7, 11) is -3.00. The molecule has 2 heterocycles. The lowest BCUT2D eigenvalue weighted by molar-refractivity contribution is 0.597. The lowest BCUT2D eigenvalue weighted by Gasteiger charge is -2.16. The van der Waals surface area contributed by atoms with Crippen LogP contribution in [-0.2, 0) is 9.84 Å². The molecule has 1 fully saturated rings.